The number of cyclic esters (lactones) is 1. The summed E-state index contributed by atoms with van der Waals surface area (Å²) in [5.74, 6) is 0.00641. The summed E-state index contributed by atoms with van der Waals surface area (Å²) in [7, 11) is 1.98. The molecule has 1 aliphatic rings. The SMILES string of the molecule is CC1=N/C(=C/c2cn(C)c3ccccc23)C(=O)O1. The van der Waals surface area contributed by atoms with Gasteiger partial charge in [-0.2, -0.15) is 0 Å². The molecule has 0 atom stereocenters. The van der Waals surface area contributed by atoms with E-state index in [0.29, 0.717) is 11.6 Å². The molecule has 0 saturated carbocycles. The van der Waals surface area contributed by atoms with Crippen LogP contribution in [0.1, 0.15) is 12.5 Å². The molecule has 0 bridgehead atoms. The number of aryl methyl sites for hydroxylation is 1. The number of carbonyl (C=O) groups is 1. The Bertz CT molecular complexity index is 708. The van der Waals surface area contributed by atoms with Crippen molar-refractivity contribution in [1.29, 1.82) is 0 Å². The van der Waals surface area contributed by atoms with Crippen molar-refractivity contribution >= 4 is 28.8 Å². The Labute approximate surface area is 104 Å². The Morgan fingerprint density at radius 3 is 2.83 bits per heavy atom. The van der Waals surface area contributed by atoms with Crippen LogP contribution in [0.3, 0.4) is 0 Å². The molecule has 0 saturated heterocycles. The summed E-state index contributed by atoms with van der Waals surface area (Å²) in [5, 5.41) is 1.10. The first kappa shape index (κ1) is 10.8. The lowest BCUT2D eigenvalue weighted by Gasteiger charge is -1.93. The molecule has 4 nitrogen and oxygen atoms in total. The maximum absolute atomic E-state index is 11.5. The van der Waals surface area contributed by atoms with E-state index in [1.807, 2.05) is 42.1 Å². The average molecular weight is 240 g/mol. The number of aromatic nitrogens is 1. The molecule has 0 spiro atoms. The number of ether oxygens (including phenoxy) is 1. The second-order valence-corrected chi connectivity index (χ2v) is 4.26. The Morgan fingerprint density at radius 2 is 2.11 bits per heavy atom. The van der Waals surface area contributed by atoms with Crippen LogP contribution in [0.15, 0.2) is 41.2 Å². The van der Waals surface area contributed by atoms with Crippen LogP contribution in [0.25, 0.3) is 17.0 Å². The fourth-order valence-corrected chi connectivity index (χ4v) is 2.15. The normalized spacial score (nSPS) is 17.3. The minimum Gasteiger partial charge on any atom is -0.407 e. The number of nitrogens with zero attached hydrogens (tertiary/aromatic N) is 2. The minimum absolute atomic E-state index is 0.351. The standard InChI is InChI=1S/C14H12N2O2/c1-9-15-12(14(17)18-9)7-10-8-16(2)13-6-4-3-5-11(10)13/h3-8H,1-2H3/b12-7+. The van der Waals surface area contributed by atoms with Gasteiger partial charge in [0.1, 0.15) is 0 Å². The van der Waals surface area contributed by atoms with Gasteiger partial charge in [0.15, 0.2) is 11.6 Å². The van der Waals surface area contributed by atoms with Gasteiger partial charge in [0.05, 0.1) is 0 Å². The zero-order chi connectivity index (χ0) is 12.7. The largest absolute Gasteiger partial charge is 0.407 e. The van der Waals surface area contributed by atoms with E-state index in [1.54, 1.807) is 13.0 Å². The van der Waals surface area contributed by atoms with Crippen LogP contribution >= 0.6 is 0 Å². The van der Waals surface area contributed by atoms with Crippen molar-refractivity contribution in [3.63, 3.8) is 0 Å². The number of hydrogen-bond donors (Lipinski definition) is 0. The number of para-hydroxylation sites is 1. The number of benzene rings is 1. The predicted molar refractivity (Wildman–Crippen MR) is 70.1 cm³/mol. The van der Waals surface area contributed by atoms with Crippen LogP contribution < -0.4 is 0 Å². The van der Waals surface area contributed by atoms with Crippen LogP contribution in [0.2, 0.25) is 0 Å². The summed E-state index contributed by atoms with van der Waals surface area (Å²) >= 11 is 0. The molecule has 1 aromatic heterocycles. The van der Waals surface area contributed by atoms with Gasteiger partial charge in [-0.1, -0.05) is 18.2 Å². The minimum atomic E-state index is -0.388. The van der Waals surface area contributed by atoms with Gasteiger partial charge in [0, 0.05) is 36.6 Å². The molecule has 3 rings (SSSR count). The Balaban J connectivity index is 2.16. The number of rotatable bonds is 1. The highest BCUT2D eigenvalue weighted by Gasteiger charge is 2.20. The first-order chi connectivity index (χ1) is 8.65. The lowest BCUT2D eigenvalue weighted by atomic mass is 10.1. The van der Waals surface area contributed by atoms with E-state index in [4.69, 9.17) is 4.74 Å². The fourth-order valence-electron chi connectivity index (χ4n) is 2.15. The summed E-state index contributed by atoms with van der Waals surface area (Å²) < 4.78 is 6.93. The first-order valence-electron chi connectivity index (χ1n) is 5.68. The Hall–Kier alpha value is -2.36. The van der Waals surface area contributed by atoms with E-state index in [0.717, 1.165) is 16.5 Å². The second-order valence-electron chi connectivity index (χ2n) is 4.26. The van der Waals surface area contributed by atoms with E-state index in [-0.39, 0.29) is 5.97 Å². The van der Waals surface area contributed by atoms with Crippen molar-refractivity contribution in [1.82, 2.24) is 4.57 Å². The van der Waals surface area contributed by atoms with Crippen LogP contribution in [0.4, 0.5) is 0 Å². The molecular formula is C14H12N2O2. The molecule has 90 valence electrons. The highest BCUT2D eigenvalue weighted by molar-refractivity contribution is 6.07. The van der Waals surface area contributed by atoms with Gasteiger partial charge in [-0.05, 0) is 12.1 Å². The van der Waals surface area contributed by atoms with Gasteiger partial charge in [0.25, 0.3) is 0 Å². The Morgan fingerprint density at radius 1 is 1.33 bits per heavy atom. The van der Waals surface area contributed by atoms with E-state index in [1.165, 1.54) is 0 Å². The molecule has 0 aliphatic carbocycles. The number of aliphatic imine (C=N–C) groups is 1. The molecule has 4 heteroatoms. The number of fused-ring (bicyclic) bond motifs is 1. The van der Waals surface area contributed by atoms with Crippen molar-refractivity contribution < 1.29 is 9.53 Å². The van der Waals surface area contributed by atoms with Crippen LogP contribution in [0.5, 0.6) is 0 Å². The number of hydrogen-bond acceptors (Lipinski definition) is 3. The smallest absolute Gasteiger partial charge is 0.363 e. The highest BCUT2D eigenvalue weighted by atomic mass is 16.6. The average Bonchev–Trinajstić information content (AvgIpc) is 2.82. The van der Waals surface area contributed by atoms with Crippen LogP contribution in [-0.4, -0.2) is 16.4 Å². The van der Waals surface area contributed by atoms with Gasteiger partial charge in [0.2, 0.25) is 0 Å². The van der Waals surface area contributed by atoms with E-state index in [2.05, 4.69) is 4.99 Å². The third-order valence-electron chi connectivity index (χ3n) is 2.95. The van der Waals surface area contributed by atoms with E-state index in [9.17, 15) is 4.79 Å². The summed E-state index contributed by atoms with van der Waals surface area (Å²) in [6.45, 7) is 1.67. The third kappa shape index (κ3) is 1.62. The Kier molecular flexibility index (Phi) is 2.30. The zero-order valence-electron chi connectivity index (χ0n) is 10.2. The van der Waals surface area contributed by atoms with E-state index < -0.39 is 0 Å². The monoisotopic (exact) mass is 240 g/mol. The summed E-state index contributed by atoms with van der Waals surface area (Å²) in [4.78, 5) is 15.6. The van der Waals surface area contributed by atoms with Gasteiger partial charge < -0.3 is 9.30 Å². The summed E-state index contributed by atoms with van der Waals surface area (Å²) in [5.41, 5.74) is 2.44. The van der Waals surface area contributed by atoms with E-state index >= 15 is 0 Å². The van der Waals surface area contributed by atoms with Crippen molar-refractivity contribution in [2.24, 2.45) is 12.0 Å². The molecule has 1 aliphatic heterocycles. The molecule has 0 radical (unpaired) electrons. The van der Waals surface area contributed by atoms with Crippen molar-refractivity contribution in [2.75, 3.05) is 0 Å². The third-order valence-corrected chi connectivity index (χ3v) is 2.95. The molecule has 2 aromatic rings. The van der Waals surface area contributed by atoms with Gasteiger partial charge in [-0.3, -0.25) is 0 Å². The summed E-state index contributed by atoms with van der Waals surface area (Å²) in [6.07, 6.45) is 3.75. The molecule has 1 aromatic carbocycles. The second kappa shape index (κ2) is 3.84. The van der Waals surface area contributed by atoms with Crippen molar-refractivity contribution in [2.45, 2.75) is 6.92 Å². The van der Waals surface area contributed by atoms with Gasteiger partial charge >= 0.3 is 5.97 Å². The predicted octanol–water partition coefficient (Wildman–Crippen LogP) is 2.49. The first-order valence-corrected chi connectivity index (χ1v) is 5.68. The topological polar surface area (TPSA) is 43.6 Å². The quantitative estimate of drug-likeness (QED) is 0.567. The lowest BCUT2D eigenvalue weighted by molar-refractivity contribution is -0.130. The van der Waals surface area contributed by atoms with Crippen LogP contribution in [0, 0.1) is 0 Å². The number of esters is 1. The highest BCUT2D eigenvalue weighted by Crippen LogP contribution is 2.24. The maximum Gasteiger partial charge on any atom is 0.363 e. The summed E-state index contributed by atoms with van der Waals surface area (Å²) in [6, 6.07) is 8.04. The molecule has 0 N–H and O–H groups in total. The molecule has 18 heavy (non-hydrogen) atoms. The molecule has 2 heterocycles. The maximum atomic E-state index is 11.5. The lowest BCUT2D eigenvalue weighted by Crippen LogP contribution is -1.99. The molecule has 0 amide bonds. The van der Waals surface area contributed by atoms with Gasteiger partial charge in [-0.25, -0.2) is 9.79 Å². The number of carbonyl (C=O) groups excluding carboxylic acids is 1. The fraction of sp³-hybridized carbons (Fsp3) is 0.143. The van der Waals surface area contributed by atoms with Gasteiger partial charge in [-0.15, -0.1) is 0 Å². The molecule has 0 fully saturated rings. The molecular weight excluding hydrogens is 228 g/mol. The molecule has 0 unspecified atom stereocenters. The van der Waals surface area contributed by atoms with Crippen LogP contribution in [-0.2, 0) is 16.6 Å². The van der Waals surface area contributed by atoms with Crippen molar-refractivity contribution in [3.8, 4) is 0 Å². The zero-order valence-corrected chi connectivity index (χ0v) is 10.2. The van der Waals surface area contributed by atoms with Crippen molar-refractivity contribution in [3.05, 3.63) is 41.7 Å².